The van der Waals surface area contributed by atoms with Crippen molar-refractivity contribution in [3.63, 3.8) is 0 Å². The highest BCUT2D eigenvalue weighted by molar-refractivity contribution is 5.96. The van der Waals surface area contributed by atoms with Crippen molar-refractivity contribution < 1.29 is 23.5 Å². The Kier molecular flexibility index (Phi) is 7.26. The van der Waals surface area contributed by atoms with E-state index < -0.39 is 0 Å². The molecule has 0 aliphatic carbocycles. The van der Waals surface area contributed by atoms with Gasteiger partial charge in [0.2, 0.25) is 0 Å². The Bertz CT molecular complexity index is 1050. The number of benzene rings is 2. The van der Waals surface area contributed by atoms with Crippen LogP contribution in [0.5, 0.6) is 11.5 Å². The molecule has 3 amide bonds. The van der Waals surface area contributed by atoms with Gasteiger partial charge >= 0.3 is 6.03 Å². The number of anilines is 1. The number of nitrogens with zero attached hydrogens (tertiary/aromatic N) is 1. The number of rotatable bonds is 8. The van der Waals surface area contributed by atoms with E-state index in [0.717, 1.165) is 5.56 Å². The van der Waals surface area contributed by atoms with Crippen LogP contribution in [0, 0.1) is 0 Å². The third kappa shape index (κ3) is 6.10. The summed E-state index contributed by atoms with van der Waals surface area (Å²) in [6.07, 6.45) is 3.04. The van der Waals surface area contributed by atoms with Crippen molar-refractivity contribution in [3.8, 4) is 11.5 Å². The topological polar surface area (TPSA) is 114 Å². The lowest BCUT2D eigenvalue weighted by atomic mass is 10.2. The van der Waals surface area contributed by atoms with Gasteiger partial charge in [0.15, 0.2) is 11.5 Å². The van der Waals surface area contributed by atoms with E-state index in [9.17, 15) is 9.59 Å². The van der Waals surface area contributed by atoms with Crippen molar-refractivity contribution >= 4 is 23.8 Å². The molecule has 160 valence electrons. The second-order valence-corrected chi connectivity index (χ2v) is 6.28. The number of furan rings is 1. The van der Waals surface area contributed by atoms with E-state index in [2.05, 4.69) is 21.2 Å². The molecule has 0 bridgehead atoms. The first-order chi connectivity index (χ1) is 15.1. The number of methoxy groups -OCH3 is 2. The smallest absolute Gasteiger partial charge is 0.319 e. The average Bonchev–Trinajstić information content (AvgIpc) is 3.31. The van der Waals surface area contributed by atoms with Gasteiger partial charge in [0.1, 0.15) is 5.76 Å². The highest BCUT2D eigenvalue weighted by atomic mass is 16.5. The molecule has 0 saturated carbocycles. The fraction of sp³-hybridized carbons (Fsp3) is 0.136. The Balaban J connectivity index is 1.50. The van der Waals surface area contributed by atoms with Crippen LogP contribution in [0.25, 0.3) is 0 Å². The molecule has 3 aromatic rings. The Morgan fingerprint density at radius 2 is 1.81 bits per heavy atom. The lowest BCUT2D eigenvalue weighted by Gasteiger charge is -2.08. The van der Waals surface area contributed by atoms with E-state index in [0.29, 0.717) is 28.5 Å². The molecule has 1 aromatic heterocycles. The van der Waals surface area contributed by atoms with Crippen LogP contribution in [-0.4, -0.2) is 32.4 Å². The molecule has 0 spiro atoms. The Labute approximate surface area is 179 Å². The predicted molar refractivity (Wildman–Crippen MR) is 116 cm³/mol. The number of carbonyl (C=O) groups is 2. The summed E-state index contributed by atoms with van der Waals surface area (Å²) in [7, 11) is 3.10. The molecule has 0 radical (unpaired) electrons. The lowest BCUT2D eigenvalue weighted by molar-refractivity contribution is 0.0955. The average molecular weight is 422 g/mol. The molecule has 0 saturated heterocycles. The number of nitrogens with one attached hydrogen (secondary N) is 3. The maximum Gasteiger partial charge on any atom is 0.319 e. The number of ether oxygens (including phenoxy) is 2. The largest absolute Gasteiger partial charge is 0.493 e. The first kappa shape index (κ1) is 21.4. The minimum atomic E-state index is -0.384. The molecule has 0 aliphatic heterocycles. The van der Waals surface area contributed by atoms with E-state index in [-0.39, 0.29) is 18.5 Å². The predicted octanol–water partition coefficient (Wildman–Crippen LogP) is 3.38. The van der Waals surface area contributed by atoms with Crippen LogP contribution in [0.4, 0.5) is 10.5 Å². The molecular formula is C22H22N4O5. The number of hydrogen-bond donors (Lipinski definition) is 3. The van der Waals surface area contributed by atoms with Gasteiger partial charge in [0.05, 0.1) is 33.2 Å². The molecule has 0 aliphatic rings. The SMILES string of the molecule is COc1ccc(C=NNC(=O)c2ccc(NC(=O)NCc3ccco3)cc2)cc1OC. The highest BCUT2D eigenvalue weighted by Crippen LogP contribution is 2.26. The number of hydrogen-bond acceptors (Lipinski definition) is 6. The quantitative estimate of drug-likeness (QED) is 0.380. The summed E-state index contributed by atoms with van der Waals surface area (Å²) in [4.78, 5) is 24.2. The van der Waals surface area contributed by atoms with Crippen molar-refractivity contribution in [2.45, 2.75) is 6.54 Å². The van der Waals surface area contributed by atoms with Crippen LogP contribution in [-0.2, 0) is 6.54 Å². The summed E-state index contributed by atoms with van der Waals surface area (Å²) >= 11 is 0. The molecule has 9 nitrogen and oxygen atoms in total. The monoisotopic (exact) mass is 422 g/mol. The van der Waals surface area contributed by atoms with Crippen molar-refractivity contribution in [2.75, 3.05) is 19.5 Å². The normalized spacial score (nSPS) is 10.5. The van der Waals surface area contributed by atoms with E-state index in [1.807, 2.05) is 0 Å². The Morgan fingerprint density at radius 1 is 1.03 bits per heavy atom. The molecule has 31 heavy (non-hydrogen) atoms. The zero-order valence-electron chi connectivity index (χ0n) is 17.0. The van der Waals surface area contributed by atoms with Crippen LogP contribution in [0.1, 0.15) is 21.7 Å². The van der Waals surface area contributed by atoms with Crippen molar-refractivity contribution in [3.05, 3.63) is 77.7 Å². The summed E-state index contributed by atoms with van der Waals surface area (Å²) in [5.41, 5.74) is 4.13. The molecule has 3 rings (SSSR count). The van der Waals surface area contributed by atoms with Gasteiger partial charge in [-0.1, -0.05) is 0 Å². The summed E-state index contributed by atoms with van der Waals surface area (Å²) in [6.45, 7) is 0.275. The number of amides is 3. The van der Waals surface area contributed by atoms with Crippen LogP contribution >= 0.6 is 0 Å². The van der Waals surface area contributed by atoms with Crippen LogP contribution in [0.15, 0.2) is 70.4 Å². The van der Waals surface area contributed by atoms with Gasteiger partial charge < -0.3 is 24.5 Å². The first-order valence-electron chi connectivity index (χ1n) is 9.32. The van der Waals surface area contributed by atoms with E-state index >= 15 is 0 Å². The second kappa shape index (κ2) is 10.5. The Hall–Kier alpha value is -4.27. The first-order valence-corrected chi connectivity index (χ1v) is 9.32. The van der Waals surface area contributed by atoms with Crippen LogP contribution in [0.2, 0.25) is 0 Å². The third-order valence-corrected chi connectivity index (χ3v) is 4.20. The molecule has 0 atom stereocenters. The molecule has 9 heteroatoms. The number of hydrazone groups is 1. The van der Waals surface area contributed by atoms with Crippen molar-refractivity contribution in [2.24, 2.45) is 5.10 Å². The van der Waals surface area contributed by atoms with Crippen LogP contribution < -0.4 is 25.5 Å². The van der Waals surface area contributed by atoms with Crippen molar-refractivity contribution in [1.82, 2.24) is 10.7 Å². The lowest BCUT2D eigenvalue weighted by Crippen LogP contribution is -2.28. The number of carbonyl (C=O) groups excluding carboxylic acids is 2. The fourth-order valence-corrected chi connectivity index (χ4v) is 2.62. The van der Waals surface area contributed by atoms with Gasteiger partial charge in [-0.3, -0.25) is 4.79 Å². The van der Waals surface area contributed by atoms with Gasteiger partial charge in [-0.25, -0.2) is 10.2 Å². The van der Waals surface area contributed by atoms with E-state index in [1.165, 1.54) is 12.5 Å². The minimum Gasteiger partial charge on any atom is -0.493 e. The standard InChI is InChI=1S/C22H22N4O5/c1-29-19-10-5-15(12-20(19)30-2)13-24-26-21(27)16-6-8-17(9-7-16)25-22(28)23-14-18-4-3-11-31-18/h3-13H,14H2,1-2H3,(H,26,27)(H2,23,25,28). The van der Waals surface area contributed by atoms with E-state index in [1.54, 1.807) is 68.8 Å². The third-order valence-electron chi connectivity index (χ3n) is 4.20. The summed E-state index contributed by atoms with van der Waals surface area (Å²) < 4.78 is 15.6. The number of urea groups is 1. The van der Waals surface area contributed by atoms with Gasteiger partial charge in [-0.05, 0) is 60.2 Å². The molecule has 3 N–H and O–H groups in total. The molecule has 2 aromatic carbocycles. The summed E-state index contributed by atoms with van der Waals surface area (Å²) in [5, 5.41) is 9.31. The maximum absolute atomic E-state index is 12.2. The van der Waals surface area contributed by atoms with Gasteiger partial charge in [0.25, 0.3) is 5.91 Å². The minimum absolute atomic E-state index is 0.275. The van der Waals surface area contributed by atoms with Crippen molar-refractivity contribution in [1.29, 1.82) is 0 Å². The molecule has 0 fully saturated rings. The molecular weight excluding hydrogens is 400 g/mol. The van der Waals surface area contributed by atoms with Gasteiger partial charge in [-0.2, -0.15) is 5.10 Å². The maximum atomic E-state index is 12.2. The van der Waals surface area contributed by atoms with Gasteiger partial charge in [0, 0.05) is 11.3 Å². The Morgan fingerprint density at radius 3 is 2.48 bits per heavy atom. The van der Waals surface area contributed by atoms with Gasteiger partial charge in [-0.15, -0.1) is 0 Å². The summed E-state index contributed by atoms with van der Waals surface area (Å²) in [6, 6.07) is 14.8. The fourth-order valence-electron chi connectivity index (χ4n) is 2.62. The summed E-state index contributed by atoms with van der Waals surface area (Å²) in [5.74, 6) is 1.43. The zero-order valence-corrected chi connectivity index (χ0v) is 17.0. The highest BCUT2D eigenvalue weighted by Gasteiger charge is 2.07. The van der Waals surface area contributed by atoms with E-state index in [4.69, 9.17) is 13.9 Å². The second-order valence-electron chi connectivity index (χ2n) is 6.28. The van der Waals surface area contributed by atoms with Crippen LogP contribution in [0.3, 0.4) is 0 Å². The zero-order chi connectivity index (χ0) is 22.1. The molecule has 0 unspecified atom stereocenters. The molecule has 1 heterocycles.